The summed E-state index contributed by atoms with van der Waals surface area (Å²) >= 11 is 0. The zero-order chi connectivity index (χ0) is 17.8. The Morgan fingerprint density at radius 2 is 1.80 bits per heavy atom. The van der Waals surface area contributed by atoms with Gasteiger partial charge in [0.1, 0.15) is 5.75 Å². The molecule has 6 nitrogen and oxygen atoms in total. The molecular formula is C19H22N2O4. The maximum absolute atomic E-state index is 11.2. The summed E-state index contributed by atoms with van der Waals surface area (Å²) in [6, 6.07) is 13.7. The molecule has 0 bridgehead atoms. The molecule has 1 saturated carbocycles. The van der Waals surface area contributed by atoms with Gasteiger partial charge in [-0.05, 0) is 30.5 Å². The summed E-state index contributed by atoms with van der Waals surface area (Å²) < 4.78 is 10.5. The van der Waals surface area contributed by atoms with Crippen LogP contribution >= 0.6 is 0 Å². The van der Waals surface area contributed by atoms with Crippen molar-refractivity contribution in [2.75, 3.05) is 14.2 Å². The van der Waals surface area contributed by atoms with E-state index in [4.69, 9.17) is 9.47 Å². The first-order chi connectivity index (χ1) is 12.1. The van der Waals surface area contributed by atoms with Gasteiger partial charge in [-0.2, -0.15) is 0 Å². The maximum Gasteiger partial charge on any atom is 0.311 e. The second kappa shape index (κ2) is 7.53. The van der Waals surface area contributed by atoms with Crippen molar-refractivity contribution in [3.8, 4) is 11.5 Å². The highest BCUT2D eigenvalue weighted by Gasteiger charge is 2.30. The van der Waals surface area contributed by atoms with Gasteiger partial charge in [0, 0.05) is 30.8 Å². The van der Waals surface area contributed by atoms with Gasteiger partial charge in [0.2, 0.25) is 0 Å². The van der Waals surface area contributed by atoms with Crippen molar-refractivity contribution in [2.45, 2.75) is 32.0 Å². The van der Waals surface area contributed by atoms with E-state index in [2.05, 4.69) is 11.0 Å². The van der Waals surface area contributed by atoms with Gasteiger partial charge in [-0.3, -0.25) is 15.0 Å². The van der Waals surface area contributed by atoms with Crippen LogP contribution in [0.1, 0.15) is 24.0 Å². The van der Waals surface area contributed by atoms with E-state index in [9.17, 15) is 10.1 Å². The minimum atomic E-state index is -0.399. The molecule has 2 aromatic carbocycles. The Kier molecular flexibility index (Phi) is 5.19. The quantitative estimate of drug-likeness (QED) is 0.539. The van der Waals surface area contributed by atoms with Gasteiger partial charge in [0.25, 0.3) is 0 Å². The smallest absolute Gasteiger partial charge is 0.311 e. The number of nitro benzene ring substituents is 1. The molecule has 0 aromatic heterocycles. The molecule has 2 aromatic rings. The lowest BCUT2D eigenvalue weighted by atomic mass is 10.1. The van der Waals surface area contributed by atoms with Crippen LogP contribution in [0.25, 0.3) is 0 Å². The van der Waals surface area contributed by atoms with Crippen molar-refractivity contribution in [1.29, 1.82) is 0 Å². The predicted octanol–water partition coefficient (Wildman–Crippen LogP) is 3.78. The minimum absolute atomic E-state index is 0.00744. The molecule has 0 amide bonds. The normalized spacial score (nSPS) is 13.7. The molecule has 0 heterocycles. The van der Waals surface area contributed by atoms with Gasteiger partial charge >= 0.3 is 5.69 Å². The lowest BCUT2D eigenvalue weighted by molar-refractivity contribution is -0.385. The molecular weight excluding hydrogens is 320 g/mol. The summed E-state index contributed by atoms with van der Waals surface area (Å²) in [5.74, 6) is 1.16. The zero-order valence-electron chi connectivity index (χ0n) is 14.5. The number of rotatable bonds is 8. The van der Waals surface area contributed by atoms with Crippen LogP contribution in [-0.4, -0.2) is 30.1 Å². The standard InChI is InChI=1S/C19H22N2O4/c1-24-18-6-4-3-5-15(18)13-20(16-8-9-16)12-14-7-10-19(25-2)17(11-14)21(22)23/h3-7,10-11,16H,8-9,12-13H2,1-2H3. The first-order valence-electron chi connectivity index (χ1n) is 8.29. The van der Waals surface area contributed by atoms with Gasteiger partial charge in [0.15, 0.2) is 5.75 Å². The maximum atomic E-state index is 11.2. The highest BCUT2D eigenvalue weighted by molar-refractivity contribution is 5.48. The summed E-state index contributed by atoms with van der Waals surface area (Å²) in [7, 11) is 3.12. The fourth-order valence-electron chi connectivity index (χ4n) is 3.02. The summed E-state index contributed by atoms with van der Waals surface area (Å²) in [6.45, 7) is 1.42. The Morgan fingerprint density at radius 3 is 2.44 bits per heavy atom. The second-order valence-corrected chi connectivity index (χ2v) is 6.21. The molecule has 3 rings (SSSR count). The van der Waals surface area contributed by atoms with E-state index >= 15 is 0 Å². The fraction of sp³-hybridized carbons (Fsp3) is 0.368. The summed E-state index contributed by atoms with van der Waals surface area (Å²) in [5.41, 5.74) is 2.04. The Bertz CT molecular complexity index is 759. The summed E-state index contributed by atoms with van der Waals surface area (Å²) in [4.78, 5) is 13.2. The average Bonchev–Trinajstić information content (AvgIpc) is 3.46. The lowest BCUT2D eigenvalue weighted by Crippen LogP contribution is -2.25. The van der Waals surface area contributed by atoms with Crippen LogP contribution in [0, 0.1) is 10.1 Å². The molecule has 1 aliphatic carbocycles. The molecule has 0 saturated heterocycles. The van der Waals surface area contributed by atoms with Crippen LogP contribution in [-0.2, 0) is 13.1 Å². The van der Waals surface area contributed by atoms with Gasteiger partial charge in [0.05, 0.1) is 19.1 Å². The first kappa shape index (κ1) is 17.2. The SMILES string of the molecule is COc1ccccc1CN(Cc1ccc(OC)c([N+](=O)[O-])c1)C1CC1. The Hall–Kier alpha value is -2.60. The van der Waals surface area contributed by atoms with Crippen molar-refractivity contribution in [2.24, 2.45) is 0 Å². The van der Waals surface area contributed by atoms with E-state index < -0.39 is 4.92 Å². The van der Waals surface area contributed by atoms with Crippen LogP contribution in [0.15, 0.2) is 42.5 Å². The Labute approximate surface area is 147 Å². The Morgan fingerprint density at radius 1 is 1.08 bits per heavy atom. The monoisotopic (exact) mass is 342 g/mol. The zero-order valence-corrected chi connectivity index (χ0v) is 14.5. The average molecular weight is 342 g/mol. The third-order valence-corrected chi connectivity index (χ3v) is 4.45. The van der Waals surface area contributed by atoms with Gasteiger partial charge in [-0.15, -0.1) is 0 Å². The largest absolute Gasteiger partial charge is 0.496 e. The molecule has 6 heteroatoms. The number of ether oxygens (including phenoxy) is 2. The van der Waals surface area contributed by atoms with Crippen molar-refractivity contribution < 1.29 is 14.4 Å². The molecule has 25 heavy (non-hydrogen) atoms. The Balaban J connectivity index is 1.81. The topological polar surface area (TPSA) is 64.8 Å². The van der Waals surface area contributed by atoms with Crippen molar-refractivity contribution >= 4 is 5.69 Å². The number of para-hydroxylation sites is 1. The van der Waals surface area contributed by atoms with Gasteiger partial charge in [-0.1, -0.05) is 24.3 Å². The highest BCUT2D eigenvalue weighted by Crippen LogP contribution is 2.33. The van der Waals surface area contributed by atoms with E-state index in [0.717, 1.165) is 36.3 Å². The highest BCUT2D eigenvalue weighted by atomic mass is 16.6. The molecule has 1 fully saturated rings. The molecule has 0 radical (unpaired) electrons. The van der Waals surface area contributed by atoms with Crippen LogP contribution in [0.2, 0.25) is 0 Å². The fourth-order valence-corrected chi connectivity index (χ4v) is 3.02. The predicted molar refractivity (Wildman–Crippen MR) is 94.9 cm³/mol. The summed E-state index contributed by atoms with van der Waals surface area (Å²) in [5, 5.41) is 11.2. The van der Waals surface area contributed by atoms with Crippen molar-refractivity contribution in [3.63, 3.8) is 0 Å². The second-order valence-electron chi connectivity index (χ2n) is 6.21. The molecule has 0 unspecified atom stereocenters. The van der Waals surface area contributed by atoms with E-state index in [0.29, 0.717) is 12.6 Å². The third-order valence-electron chi connectivity index (χ3n) is 4.45. The van der Waals surface area contributed by atoms with Crippen LogP contribution in [0.5, 0.6) is 11.5 Å². The number of benzene rings is 2. The van der Waals surface area contributed by atoms with E-state index in [1.54, 1.807) is 19.2 Å². The van der Waals surface area contributed by atoms with Crippen LogP contribution in [0.4, 0.5) is 5.69 Å². The van der Waals surface area contributed by atoms with E-state index in [1.165, 1.54) is 7.11 Å². The minimum Gasteiger partial charge on any atom is -0.496 e. The molecule has 0 atom stereocenters. The number of nitrogens with zero attached hydrogens (tertiary/aromatic N) is 2. The molecule has 132 valence electrons. The summed E-state index contributed by atoms with van der Waals surface area (Å²) in [6.07, 6.45) is 2.32. The van der Waals surface area contributed by atoms with Gasteiger partial charge < -0.3 is 9.47 Å². The van der Waals surface area contributed by atoms with Crippen LogP contribution < -0.4 is 9.47 Å². The van der Waals surface area contributed by atoms with E-state index in [-0.39, 0.29) is 11.4 Å². The molecule has 0 spiro atoms. The number of hydrogen-bond donors (Lipinski definition) is 0. The third kappa shape index (κ3) is 4.09. The number of methoxy groups -OCH3 is 2. The van der Waals surface area contributed by atoms with Crippen molar-refractivity contribution in [3.05, 3.63) is 63.7 Å². The first-order valence-corrected chi connectivity index (χ1v) is 8.29. The lowest BCUT2D eigenvalue weighted by Gasteiger charge is -2.23. The number of hydrogen-bond acceptors (Lipinski definition) is 5. The van der Waals surface area contributed by atoms with E-state index in [1.807, 2.05) is 24.3 Å². The molecule has 0 aliphatic heterocycles. The molecule has 0 N–H and O–H groups in total. The van der Waals surface area contributed by atoms with Crippen LogP contribution in [0.3, 0.4) is 0 Å². The number of nitro groups is 1. The molecule has 1 aliphatic rings. The van der Waals surface area contributed by atoms with Crippen molar-refractivity contribution in [1.82, 2.24) is 4.90 Å². The van der Waals surface area contributed by atoms with Gasteiger partial charge in [-0.25, -0.2) is 0 Å².